The maximum atomic E-state index is 5.99. The molecule has 1 aromatic rings. The first-order chi connectivity index (χ1) is 8.22. The number of hydrogen-bond donors (Lipinski definition) is 2. The van der Waals surface area contributed by atoms with E-state index in [1.165, 1.54) is 0 Å². The minimum Gasteiger partial charge on any atom is -0.383 e. The third kappa shape index (κ3) is 2.89. The lowest BCUT2D eigenvalue weighted by atomic mass is 9.87. The van der Waals surface area contributed by atoms with Gasteiger partial charge in [0.25, 0.3) is 0 Å². The van der Waals surface area contributed by atoms with Crippen LogP contribution in [0.1, 0.15) is 24.4 Å². The zero-order valence-corrected chi connectivity index (χ0v) is 10.7. The van der Waals surface area contributed by atoms with Crippen LogP contribution in [0, 0.1) is 5.92 Å². The van der Waals surface area contributed by atoms with Gasteiger partial charge in [0.15, 0.2) is 0 Å². The molecule has 0 radical (unpaired) electrons. The van der Waals surface area contributed by atoms with E-state index in [9.17, 15) is 0 Å². The lowest BCUT2D eigenvalue weighted by molar-refractivity contribution is 0.0547. The Morgan fingerprint density at radius 2 is 2.24 bits per heavy atom. The van der Waals surface area contributed by atoms with Crippen LogP contribution in [0.3, 0.4) is 0 Å². The van der Waals surface area contributed by atoms with Crippen molar-refractivity contribution in [1.82, 2.24) is 10.3 Å². The van der Waals surface area contributed by atoms with Crippen molar-refractivity contribution in [3.63, 3.8) is 0 Å². The van der Waals surface area contributed by atoms with Crippen LogP contribution in [-0.4, -0.2) is 25.2 Å². The van der Waals surface area contributed by atoms with Crippen molar-refractivity contribution >= 4 is 17.4 Å². The van der Waals surface area contributed by atoms with Gasteiger partial charge in [-0.25, -0.2) is 4.98 Å². The molecule has 4 nitrogen and oxygen atoms in total. The lowest BCUT2D eigenvalue weighted by Crippen LogP contribution is -2.30. The molecule has 2 heterocycles. The molecule has 0 bridgehead atoms. The van der Waals surface area contributed by atoms with E-state index < -0.39 is 0 Å². The highest BCUT2D eigenvalue weighted by molar-refractivity contribution is 6.30. The molecule has 0 spiro atoms. The highest BCUT2D eigenvalue weighted by atomic mass is 35.5. The first-order valence-electron chi connectivity index (χ1n) is 5.88. The lowest BCUT2D eigenvalue weighted by Gasteiger charge is -2.30. The Morgan fingerprint density at radius 1 is 1.53 bits per heavy atom. The summed E-state index contributed by atoms with van der Waals surface area (Å²) in [5.74, 6) is 1.08. The Hall–Kier alpha value is -0.840. The molecule has 3 N–H and O–H groups in total. The molecule has 0 amide bonds. The van der Waals surface area contributed by atoms with Crippen molar-refractivity contribution in [1.29, 1.82) is 0 Å². The molecule has 1 saturated heterocycles. The van der Waals surface area contributed by atoms with Gasteiger partial charge in [-0.2, -0.15) is 0 Å². The van der Waals surface area contributed by atoms with Gasteiger partial charge in [-0.1, -0.05) is 11.6 Å². The SMILES string of the molecule is CNC(c1cc(Cl)cnc1N)C1CCOCC1. The van der Waals surface area contributed by atoms with E-state index >= 15 is 0 Å². The summed E-state index contributed by atoms with van der Waals surface area (Å²) in [6.07, 6.45) is 3.66. The number of nitrogen functional groups attached to an aromatic ring is 1. The molecule has 1 unspecified atom stereocenters. The van der Waals surface area contributed by atoms with Gasteiger partial charge >= 0.3 is 0 Å². The highest BCUT2D eigenvalue weighted by Gasteiger charge is 2.26. The zero-order chi connectivity index (χ0) is 12.3. The summed E-state index contributed by atoms with van der Waals surface area (Å²) in [6.45, 7) is 1.63. The molecule has 1 aromatic heterocycles. The zero-order valence-electron chi connectivity index (χ0n) is 9.95. The Labute approximate surface area is 107 Å². The molecule has 5 heteroatoms. The summed E-state index contributed by atoms with van der Waals surface area (Å²) < 4.78 is 5.38. The average molecular weight is 256 g/mol. The van der Waals surface area contributed by atoms with Gasteiger partial charge in [-0.15, -0.1) is 0 Å². The smallest absolute Gasteiger partial charge is 0.128 e. The second-order valence-corrected chi connectivity index (χ2v) is 4.78. The fraction of sp³-hybridized carbons (Fsp3) is 0.583. The van der Waals surface area contributed by atoms with E-state index in [1.54, 1.807) is 6.20 Å². The molecule has 94 valence electrons. The Balaban J connectivity index is 2.24. The summed E-state index contributed by atoms with van der Waals surface area (Å²) in [7, 11) is 1.94. The molecule has 1 aliphatic heterocycles. The second kappa shape index (κ2) is 5.67. The summed E-state index contributed by atoms with van der Waals surface area (Å²) in [6, 6.07) is 2.10. The fourth-order valence-electron chi connectivity index (χ4n) is 2.41. The van der Waals surface area contributed by atoms with Gasteiger partial charge in [0.1, 0.15) is 5.82 Å². The van der Waals surface area contributed by atoms with Gasteiger partial charge < -0.3 is 15.8 Å². The number of nitrogens with zero attached hydrogens (tertiary/aromatic N) is 1. The number of pyridine rings is 1. The number of aromatic nitrogens is 1. The van der Waals surface area contributed by atoms with Gasteiger partial charge in [0.05, 0.1) is 5.02 Å². The van der Waals surface area contributed by atoms with Crippen LogP contribution in [-0.2, 0) is 4.74 Å². The highest BCUT2D eigenvalue weighted by Crippen LogP contribution is 2.33. The first kappa shape index (κ1) is 12.6. The topological polar surface area (TPSA) is 60.2 Å². The minimum atomic E-state index is 0.199. The number of nitrogens with two attached hydrogens (primary N) is 1. The molecular formula is C12H18ClN3O. The third-order valence-corrected chi connectivity index (χ3v) is 3.51. The molecule has 2 rings (SSSR count). The number of nitrogens with one attached hydrogen (secondary N) is 1. The fourth-order valence-corrected chi connectivity index (χ4v) is 2.58. The monoisotopic (exact) mass is 255 g/mol. The normalized spacial score (nSPS) is 19.2. The van der Waals surface area contributed by atoms with Crippen molar-refractivity contribution in [3.05, 3.63) is 22.8 Å². The summed E-state index contributed by atoms with van der Waals surface area (Å²) >= 11 is 5.99. The number of anilines is 1. The van der Waals surface area contributed by atoms with Crippen LogP contribution in [0.15, 0.2) is 12.3 Å². The van der Waals surface area contributed by atoms with E-state index in [1.807, 2.05) is 13.1 Å². The largest absolute Gasteiger partial charge is 0.383 e. The van der Waals surface area contributed by atoms with Gasteiger partial charge in [0, 0.05) is 31.0 Å². The molecule has 0 saturated carbocycles. The second-order valence-electron chi connectivity index (χ2n) is 4.34. The Kier molecular flexibility index (Phi) is 4.20. The number of rotatable bonds is 3. The van der Waals surface area contributed by atoms with Crippen LogP contribution >= 0.6 is 11.6 Å². The quantitative estimate of drug-likeness (QED) is 0.867. The predicted molar refractivity (Wildman–Crippen MR) is 69.0 cm³/mol. The molecular weight excluding hydrogens is 238 g/mol. The van der Waals surface area contributed by atoms with Crippen LogP contribution in [0.4, 0.5) is 5.82 Å². The van der Waals surface area contributed by atoms with E-state index in [2.05, 4.69) is 10.3 Å². The Morgan fingerprint density at radius 3 is 2.88 bits per heavy atom. The molecule has 1 aliphatic rings. The summed E-state index contributed by atoms with van der Waals surface area (Å²) in [5.41, 5.74) is 6.92. The predicted octanol–water partition coefficient (Wildman–Crippen LogP) is 2.00. The molecule has 1 fully saturated rings. The van der Waals surface area contributed by atoms with E-state index in [0.29, 0.717) is 16.8 Å². The number of ether oxygens (including phenoxy) is 1. The van der Waals surface area contributed by atoms with E-state index in [0.717, 1.165) is 31.6 Å². The minimum absolute atomic E-state index is 0.199. The molecule has 1 atom stereocenters. The summed E-state index contributed by atoms with van der Waals surface area (Å²) in [5, 5.41) is 3.95. The first-order valence-corrected chi connectivity index (χ1v) is 6.26. The van der Waals surface area contributed by atoms with Gasteiger partial charge in [-0.05, 0) is 31.9 Å². The van der Waals surface area contributed by atoms with Crippen LogP contribution < -0.4 is 11.1 Å². The van der Waals surface area contributed by atoms with Crippen molar-refractivity contribution in [2.24, 2.45) is 5.92 Å². The molecule has 17 heavy (non-hydrogen) atoms. The number of halogens is 1. The summed E-state index contributed by atoms with van der Waals surface area (Å²) in [4.78, 5) is 4.12. The van der Waals surface area contributed by atoms with Crippen molar-refractivity contribution < 1.29 is 4.74 Å². The molecule has 0 aromatic carbocycles. The standard InChI is InChI=1S/C12H18ClN3O/c1-15-11(8-2-4-17-5-3-8)10-6-9(13)7-16-12(10)14/h6-8,11,15H,2-5H2,1H3,(H2,14,16). The maximum absolute atomic E-state index is 5.99. The van der Waals surface area contributed by atoms with Crippen molar-refractivity contribution in [2.45, 2.75) is 18.9 Å². The van der Waals surface area contributed by atoms with Crippen LogP contribution in [0.2, 0.25) is 5.02 Å². The molecule has 0 aliphatic carbocycles. The third-order valence-electron chi connectivity index (χ3n) is 3.30. The Bertz CT molecular complexity index is 380. The van der Waals surface area contributed by atoms with Gasteiger partial charge in [-0.3, -0.25) is 0 Å². The average Bonchev–Trinajstić information content (AvgIpc) is 2.36. The van der Waals surface area contributed by atoms with Crippen LogP contribution in [0.5, 0.6) is 0 Å². The van der Waals surface area contributed by atoms with E-state index in [4.69, 9.17) is 22.1 Å². The van der Waals surface area contributed by atoms with Gasteiger partial charge in [0.2, 0.25) is 0 Å². The van der Waals surface area contributed by atoms with Crippen molar-refractivity contribution in [3.8, 4) is 0 Å². The van der Waals surface area contributed by atoms with Crippen LogP contribution in [0.25, 0.3) is 0 Å². The number of hydrogen-bond acceptors (Lipinski definition) is 4. The van der Waals surface area contributed by atoms with E-state index in [-0.39, 0.29) is 6.04 Å². The maximum Gasteiger partial charge on any atom is 0.128 e. The van der Waals surface area contributed by atoms with Crippen molar-refractivity contribution in [2.75, 3.05) is 26.0 Å².